The van der Waals surface area contributed by atoms with Crippen LogP contribution in [0.5, 0.6) is 0 Å². The smallest absolute Gasteiger partial charge is 0.340 e. The molecule has 0 aliphatic rings. The van der Waals surface area contributed by atoms with Crippen LogP contribution >= 0.6 is 11.8 Å². The highest BCUT2D eigenvalue weighted by Gasteiger charge is 2.26. The summed E-state index contributed by atoms with van der Waals surface area (Å²) in [4.78, 5) is 22.3. The number of anilines is 2. The van der Waals surface area contributed by atoms with Gasteiger partial charge in [-0.25, -0.2) is 4.79 Å². The van der Waals surface area contributed by atoms with Crippen molar-refractivity contribution in [2.75, 3.05) is 23.8 Å². The second-order valence-electron chi connectivity index (χ2n) is 3.52. The molecule has 7 nitrogen and oxygen atoms in total. The zero-order valence-electron chi connectivity index (χ0n) is 10.6. The SMILES string of the molecule is CCOC(=O)c1cc(N)c([N+](=O)[O-])c(SCC)c1N. The maximum atomic E-state index is 11.7. The maximum Gasteiger partial charge on any atom is 0.340 e. The second-order valence-corrected chi connectivity index (χ2v) is 4.79. The summed E-state index contributed by atoms with van der Waals surface area (Å²) in [6, 6.07) is 1.19. The lowest BCUT2D eigenvalue weighted by Gasteiger charge is -2.12. The molecule has 0 radical (unpaired) electrons. The molecule has 0 saturated heterocycles. The summed E-state index contributed by atoms with van der Waals surface area (Å²) in [5.41, 5.74) is 11.2. The number of carbonyl (C=O) groups excluding carboxylic acids is 1. The van der Waals surface area contributed by atoms with Crippen LogP contribution in [-0.2, 0) is 4.74 Å². The molecule has 0 aliphatic carbocycles. The molecule has 0 aliphatic heterocycles. The second kappa shape index (κ2) is 6.28. The number of rotatable bonds is 5. The fraction of sp³-hybridized carbons (Fsp3) is 0.364. The molecule has 19 heavy (non-hydrogen) atoms. The van der Waals surface area contributed by atoms with Crippen LogP contribution in [0.3, 0.4) is 0 Å². The minimum atomic E-state index is -0.639. The number of nitrogens with two attached hydrogens (primary N) is 2. The Hall–Kier alpha value is -1.96. The normalized spacial score (nSPS) is 10.2. The summed E-state index contributed by atoms with van der Waals surface area (Å²) >= 11 is 1.17. The Morgan fingerprint density at radius 2 is 2.11 bits per heavy atom. The van der Waals surface area contributed by atoms with Gasteiger partial charge in [-0.15, -0.1) is 11.8 Å². The molecule has 1 aromatic rings. The molecule has 0 fully saturated rings. The van der Waals surface area contributed by atoms with E-state index in [0.717, 1.165) is 0 Å². The lowest BCUT2D eigenvalue weighted by Crippen LogP contribution is -2.11. The number of esters is 1. The number of nitro benzene ring substituents is 1. The first-order valence-corrected chi connectivity index (χ1v) is 6.58. The summed E-state index contributed by atoms with van der Waals surface area (Å²) in [5.74, 6) is -0.0731. The van der Waals surface area contributed by atoms with Crippen molar-refractivity contribution in [1.29, 1.82) is 0 Å². The van der Waals surface area contributed by atoms with Crippen LogP contribution in [0.2, 0.25) is 0 Å². The zero-order chi connectivity index (χ0) is 14.6. The number of hydrogen-bond donors (Lipinski definition) is 2. The Kier molecular flexibility index (Phi) is 4.99. The van der Waals surface area contributed by atoms with Gasteiger partial charge in [-0.1, -0.05) is 6.92 Å². The number of nitro groups is 1. The number of benzene rings is 1. The van der Waals surface area contributed by atoms with Gasteiger partial charge in [0.25, 0.3) is 0 Å². The van der Waals surface area contributed by atoms with Crippen LogP contribution in [-0.4, -0.2) is 23.3 Å². The van der Waals surface area contributed by atoms with Gasteiger partial charge in [0, 0.05) is 0 Å². The molecule has 0 aromatic heterocycles. The minimum Gasteiger partial charge on any atom is -0.462 e. The Balaban J connectivity index is 3.46. The van der Waals surface area contributed by atoms with E-state index in [1.165, 1.54) is 17.8 Å². The lowest BCUT2D eigenvalue weighted by molar-refractivity contribution is -0.386. The van der Waals surface area contributed by atoms with Gasteiger partial charge in [-0.3, -0.25) is 10.1 Å². The zero-order valence-corrected chi connectivity index (χ0v) is 11.5. The molecule has 0 unspecified atom stereocenters. The number of nitrogens with zero attached hydrogens (tertiary/aromatic N) is 1. The van der Waals surface area contributed by atoms with E-state index in [0.29, 0.717) is 5.75 Å². The van der Waals surface area contributed by atoms with E-state index in [1.807, 2.05) is 6.92 Å². The monoisotopic (exact) mass is 285 g/mol. The van der Waals surface area contributed by atoms with Crippen LogP contribution < -0.4 is 11.5 Å². The predicted molar refractivity (Wildman–Crippen MR) is 74.3 cm³/mol. The van der Waals surface area contributed by atoms with Gasteiger partial charge in [0.05, 0.1) is 22.8 Å². The van der Waals surface area contributed by atoms with E-state index >= 15 is 0 Å². The van der Waals surface area contributed by atoms with E-state index in [9.17, 15) is 14.9 Å². The Bertz CT molecular complexity index is 519. The largest absolute Gasteiger partial charge is 0.462 e. The summed E-state index contributed by atoms with van der Waals surface area (Å²) in [6.45, 7) is 3.66. The first kappa shape index (κ1) is 15.1. The van der Waals surface area contributed by atoms with Gasteiger partial charge in [-0.2, -0.15) is 0 Å². The van der Waals surface area contributed by atoms with Crippen molar-refractivity contribution in [3.8, 4) is 0 Å². The molecule has 0 spiro atoms. The van der Waals surface area contributed by atoms with Crippen molar-refractivity contribution in [3.05, 3.63) is 21.7 Å². The van der Waals surface area contributed by atoms with E-state index in [2.05, 4.69) is 0 Å². The molecule has 1 aromatic carbocycles. The molecular weight excluding hydrogens is 270 g/mol. The van der Waals surface area contributed by atoms with Crippen molar-refractivity contribution in [3.63, 3.8) is 0 Å². The topological polar surface area (TPSA) is 121 Å². The molecular formula is C11H15N3O4S. The Morgan fingerprint density at radius 1 is 1.47 bits per heavy atom. The summed E-state index contributed by atoms with van der Waals surface area (Å²) in [6.07, 6.45) is 0. The molecule has 0 atom stereocenters. The summed E-state index contributed by atoms with van der Waals surface area (Å²) in [5, 5.41) is 11.0. The number of ether oxygens (including phenoxy) is 1. The van der Waals surface area contributed by atoms with Crippen molar-refractivity contribution < 1.29 is 14.5 Å². The van der Waals surface area contributed by atoms with Gasteiger partial charge >= 0.3 is 11.7 Å². The molecule has 0 bridgehead atoms. The van der Waals surface area contributed by atoms with Crippen LogP contribution in [0.25, 0.3) is 0 Å². The molecule has 0 heterocycles. The van der Waals surface area contributed by atoms with Crippen LogP contribution in [0, 0.1) is 10.1 Å². The number of hydrogen-bond acceptors (Lipinski definition) is 7. The Morgan fingerprint density at radius 3 is 2.58 bits per heavy atom. The van der Waals surface area contributed by atoms with Crippen LogP contribution in [0.1, 0.15) is 24.2 Å². The third-order valence-electron chi connectivity index (χ3n) is 2.29. The van der Waals surface area contributed by atoms with E-state index in [4.69, 9.17) is 16.2 Å². The quantitative estimate of drug-likeness (QED) is 0.279. The number of nitrogen functional groups attached to an aromatic ring is 2. The van der Waals surface area contributed by atoms with Gasteiger partial charge in [0.15, 0.2) is 0 Å². The predicted octanol–water partition coefficient (Wildman–Crippen LogP) is 2.05. The highest BCUT2D eigenvalue weighted by molar-refractivity contribution is 7.99. The lowest BCUT2D eigenvalue weighted by atomic mass is 10.1. The molecule has 4 N–H and O–H groups in total. The summed E-state index contributed by atoms with van der Waals surface area (Å²) < 4.78 is 4.84. The van der Waals surface area contributed by atoms with Crippen LogP contribution in [0.15, 0.2) is 11.0 Å². The van der Waals surface area contributed by atoms with Gasteiger partial charge in [0.2, 0.25) is 0 Å². The fourth-order valence-electron chi connectivity index (χ4n) is 1.54. The van der Waals surface area contributed by atoms with E-state index in [1.54, 1.807) is 6.92 Å². The van der Waals surface area contributed by atoms with Gasteiger partial charge < -0.3 is 16.2 Å². The fourth-order valence-corrected chi connectivity index (χ4v) is 2.42. The first-order valence-electron chi connectivity index (χ1n) is 5.60. The average molecular weight is 285 g/mol. The highest BCUT2D eigenvalue weighted by Crippen LogP contribution is 2.41. The maximum absolute atomic E-state index is 11.7. The third kappa shape index (κ3) is 3.08. The van der Waals surface area contributed by atoms with E-state index in [-0.39, 0.29) is 34.1 Å². The Labute approximate surface area is 114 Å². The minimum absolute atomic E-state index is 0.0335. The van der Waals surface area contributed by atoms with Gasteiger partial charge in [0.1, 0.15) is 10.6 Å². The van der Waals surface area contributed by atoms with E-state index < -0.39 is 10.9 Å². The first-order chi connectivity index (χ1) is 8.93. The van der Waals surface area contributed by atoms with Crippen molar-refractivity contribution in [2.24, 2.45) is 0 Å². The number of carbonyl (C=O) groups is 1. The van der Waals surface area contributed by atoms with Crippen molar-refractivity contribution >= 4 is 34.8 Å². The molecule has 0 amide bonds. The third-order valence-corrected chi connectivity index (χ3v) is 3.28. The summed E-state index contributed by atoms with van der Waals surface area (Å²) in [7, 11) is 0. The van der Waals surface area contributed by atoms with Crippen molar-refractivity contribution in [2.45, 2.75) is 18.7 Å². The number of thioether (sulfide) groups is 1. The highest BCUT2D eigenvalue weighted by atomic mass is 32.2. The molecule has 104 valence electrons. The molecule has 1 rings (SSSR count). The van der Waals surface area contributed by atoms with Crippen LogP contribution in [0.4, 0.5) is 17.1 Å². The average Bonchev–Trinajstić information content (AvgIpc) is 2.33. The standard InChI is InChI=1S/C11H15N3O4S/c1-3-18-11(15)6-5-7(12)9(14(16)17)10(8(6)13)19-4-2/h5H,3-4,12-13H2,1-2H3. The van der Waals surface area contributed by atoms with Gasteiger partial charge in [-0.05, 0) is 18.7 Å². The van der Waals surface area contributed by atoms with Crippen molar-refractivity contribution in [1.82, 2.24) is 0 Å². The molecule has 8 heteroatoms. The molecule has 0 saturated carbocycles.